The van der Waals surface area contributed by atoms with Gasteiger partial charge in [0.05, 0.1) is 4.90 Å². The molecular formula is C22H27N3O3S. The maximum absolute atomic E-state index is 13.2. The molecule has 2 heterocycles. The molecule has 0 saturated carbocycles. The van der Waals surface area contributed by atoms with Crippen LogP contribution in [0.25, 0.3) is 0 Å². The Morgan fingerprint density at radius 2 is 1.72 bits per heavy atom. The van der Waals surface area contributed by atoms with E-state index in [1.165, 1.54) is 0 Å². The summed E-state index contributed by atoms with van der Waals surface area (Å²) in [4.78, 5) is 16.6. The minimum atomic E-state index is -3.55. The molecule has 1 saturated heterocycles. The molecule has 1 unspecified atom stereocenters. The average Bonchev–Trinajstić information content (AvgIpc) is 3.08. The van der Waals surface area contributed by atoms with Crippen molar-refractivity contribution in [2.45, 2.75) is 37.6 Å². The summed E-state index contributed by atoms with van der Waals surface area (Å²) in [6.45, 7) is 6.12. The summed E-state index contributed by atoms with van der Waals surface area (Å²) < 4.78 is 28.0. The van der Waals surface area contributed by atoms with Gasteiger partial charge in [-0.2, -0.15) is 4.31 Å². The number of hydrogen-bond acceptors (Lipinski definition) is 4. The number of sulfonamides is 1. The molecule has 154 valence electrons. The van der Waals surface area contributed by atoms with Crippen molar-refractivity contribution in [2.24, 2.45) is 0 Å². The van der Waals surface area contributed by atoms with Crippen LogP contribution in [0.4, 0.5) is 11.4 Å². The molecule has 29 heavy (non-hydrogen) atoms. The van der Waals surface area contributed by atoms with Crippen LogP contribution in [0.5, 0.6) is 0 Å². The van der Waals surface area contributed by atoms with E-state index >= 15 is 0 Å². The van der Waals surface area contributed by atoms with Crippen LogP contribution in [-0.2, 0) is 21.2 Å². The van der Waals surface area contributed by atoms with Crippen molar-refractivity contribution >= 4 is 27.3 Å². The SMILES string of the molecule is CCC(=O)N1c2ccc(S(=O)(=O)N3CCN(c4ccccc4)CC3)cc2CC1C. The highest BCUT2D eigenvalue weighted by molar-refractivity contribution is 7.89. The lowest BCUT2D eigenvalue weighted by Crippen LogP contribution is -2.48. The molecule has 2 aliphatic rings. The van der Waals surface area contributed by atoms with Crippen molar-refractivity contribution in [3.05, 3.63) is 54.1 Å². The van der Waals surface area contributed by atoms with Crippen molar-refractivity contribution in [3.8, 4) is 0 Å². The maximum atomic E-state index is 13.2. The number of carbonyl (C=O) groups is 1. The van der Waals surface area contributed by atoms with Crippen LogP contribution in [0.2, 0.25) is 0 Å². The molecule has 1 fully saturated rings. The minimum absolute atomic E-state index is 0.0600. The van der Waals surface area contributed by atoms with Gasteiger partial charge in [0.25, 0.3) is 0 Å². The predicted molar refractivity (Wildman–Crippen MR) is 115 cm³/mol. The van der Waals surface area contributed by atoms with Gasteiger partial charge in [0.15, 0.2) is 0 Å². The first-order valence-corrected chi connectivity index (χ1v) is 11.6. The number of anilines is 2. The number of benzene rings is 2. The number of nitrogens with zero attached hydrogens (tertiary/aromatic N) is 3. The van der Waals surface area contributed by atoms with E-state index in [9.17, 15) is 13.2 Å². The van der Waals surface area contributed by atoms with Crippen molar-refractivity contribution < 1.29 is 13.2 Å². The van der Waals surface area contributed by atoms with Gasteiger partial charge in [-0.25, -0.2) is 8.42 Å². The van der Waals surface area contributed by atoms with Crippen LogP contribution in [0, 0.1) is 0 Å². The molecule has 0 spiro atoms. The first kappa shape index (κ1) is 19.9. The lowest BCUT2D eigenvalue weighted by Gasteiger charge is -2.35. The second-order valence-corrected chi connectivity index (χ2v) is 9.63. The lowest BCUT2D eigenvalue weighted by atomic mass is 10.1. The topological polar surface area (TPSA) is 60.9 Å². The van der Waals surface area contributed by atoms with Crippen LogP contribution >= 0.6 is 0 Å². The van der Waals surface area contributed by atoms with E-state index in [2.05, 4.69) is 17.0 Å². The summed E-state index contributed by atoms with van der Waals surface area (Å²) in [7, 11) is -3.55. The van der Waals surface area contributed by atoms with Crippen molar-refractivity contribution in [1.29, 1.82) is 0 Å². The third-order valence-electron chi connectivity index (χ3n) is 5.84. The monoisotopic (exact) mass is 413 g/mol. The first-order chi connectivity index (χ1) is 13.9. The number of carbonyl (C=O) groups excluding carboxylic acids is 1. The summed E-state index contributed by atoms with van der Waals surface area (Å²) in [5, 5.41) is 0. The highest BCUT2D eigenvalue weighted by Crippen LogP contribution is 2.35. The van der Waals surface area contributed by atoms with Crippen molar-refractivity contribution in [3.63, 3.8) is 0 Å². The van der Waals surface area contributed by atoms with E-state index < -0.39 is 10.0 Å². The third kappa shape index (κ3) is 3.65. The zero-order chi connectivity index (χ0) is 20.6. The molecule has 0 bridgehead atoms. The molecule has 2 aliphatic heterocycles. The van der Waals surface area contributed by atoms with Crippen LogP contribution in [0.15, 0.2) is 53.4 Å². The predicted octanol–water partition coefficient (Wildman–Crippen LogP) is 2.89. The van der Waals surface area contributed by atoms with Crippen LogP contribution in [0.3, 0.4) is 0 Å². The van der Waals surface area contributed by atoms with Crippen LogP contribution < -0.4 is 9.80 Å². The minimum Gasteiger partial charge on any atom is -0.369 e. The molecular weight excluding hydrogens is 386 g/mol. The highest BCUT2D eigenvalue weighted by Gasteiger charge is 2.33. The fraction of sp³-hybridized carbons (Fsp3) is 0.409. The summed E-state index contributed by atoms with van der Waals surface area (Å²) in [5.74, 6) is 0.0730. The Balaban J connectivity index is 1.52. The standard InChI is InChI=1S/C22H27N3O3S/c1-3-22(26)25-17(2)15-18-16-20(9-10-21(18)25)29(27,28)24-13-11-23(12-14-24)19-7-5-4-6-8-19/h4-10,16-17H,3,11-15H2,1-2H3. The fourth-order valence-corrected chi connectivity index (χ4v) is 5.77. The molecule has 7 heteroatoms. The zero-order valence-electron chi connectivity index (χ0n) is 16.9. The van der Waals surface area contributed by atoms with Gasteiger partial charge in [0.1, 0.15) is 0 Å². The average molecular weight is 414 g/mol. The van der Waals surface area contributed by atoms with Gasteiger partial charge in [-0.3, -0.25) is 4.79 Å². The van der Waals surface area contributed by atoms with Gasteiger partial charge in [-0.15, -0.1) is 0 Å². The third-order valence-corrected chi connectivity index (χ3v) is 7.73. The largest absolute Gasteiger partial charge is 0.369 e. The van der Waals surface area contributed by atoms with Gasteiger partial charge in [-0.05, 0) is 49.2 Å². The van der Waals surface area contributed by atoms with Gasteiger partial charge >= 0.3 is 0 Å². The van der Waals surface area contributed by atoms with Gasteiger partial charge < -0.3 is 9.80 Å². The Kier molecular flexibility index (Phi) is 5.36. The zero-order valence-corrected chi connectivity index (χ0v) is 17.7. The molecule has 1 amide bonds. The Morgan fingerprint density at radius 3 is 2.38 bits per heavy atom. The van der Waals surface area contributed by atoms with E-state index in [0.717, 1.165) is 16.9 Å². The van der Waals surface area contributed by atoms with Crippen molar-refractivity contribution in [2.75, 3.05) is 36.0 Å². The quantitative estimate of drug-likeness (QED) is 0.773. The fourth-order valence-electron chi connectivity index (χ4n) is 4.29. The van der Waals surface area contributed by atoms with Gasteiger partial charge in [-0.1, -0.05) is 25.1 Å². The number of rotatable bonds is 4. The Bertz CT molecular complexity index is 999. The molecule has 0 radical (unpaired) electrons. The number of fused-ring (bicyclic) bond motifs is 1. The second-order valence-electron chi connectivity index (χ2n) is 7.69. The molecule has 0 aromatic heterocycles. The van der Waals surface area contributed by atoms with E-state index in [1.807, 2.05) is 32.0 Å². The van der Waals surface area contributed by atoms with E-state index in [-0.39, 0.29) is 11.9 Å². The van der Waals surface area contributed by atoms with E-state index in [1.54, 1.807) is 27.4 Å². The molecule has 2 aromatic rings. The smallest absolute Gasteiger partial charge is 0.243 e. The molecule has 1 atom stereocenters. The molecule has 0 aliphatic carbocycles. The molecule has 4 rings (SSSR count). The Labute approximate surface area is 172 Å². The van der Waals surface area contributed by atoms with Crippen LogP contribution in [0.1, 0.15) is 25.8 Å². The van der Waals surface area contributed by atoms with Gasteiger partial charge in [0, 0.05) is 50.0 Å². The molecule has 6 nitrogen and oxygen atoms in total. The summed E-state index contributed by atoms with van der Waals surface area (Å²) in [6, 6.07) is 15.3. The van der Waals surface area contributed by atoms with E-state index in [0.29, 0.717) is 43.9 Å². The highest BCUT2D eigenvalue weighted by atomic mass is 32.2. The van der Waals surface area contributed by atoms with E-state index in [4.69, 9.17) is 0 Å². The Morgan fingerprint density at radius 1 is 1.03 bits per heavy atom. The molecule has 2 aromatic carbocycles. The summed E-state index contributed by atoms with van der Waals surface area (Å²) >= 11 is 0. The Hall–Kier alpha value is -2.38. The number of hydrogen-bond donors (Lipinski definition) is 0. The first-order valence-electron chi connectivity index (χ1n) is 10.2. The maximum Gasteiger partial charge on any atom is 0.243 e. The van der Waals surface area contributed by atoms with Gasteiger partial charge in [0.2, 0.25) is 15.9 Å². The van der Waals surface area contributed by atoms with Crippen molar-refractivity contribution in [1.82, 2.24) is 4.31 Å². The normalized spacial score (nSPS) is 20.0. The second kappa shape index (κ2) is 7.80. The number of amides is 1. The number of para-hydroxylation sites is 1. The molecule has 0 N–H and O–H groups in total. The lowest BCUT2D eigenvalue weighted by molar-refractivity contribution is -0.118. The summed E-state index contributed by atoms with van der Waals surface area (Å²) in [5.41, 5.74) is 2.90. The number of piperazine rings is 1. The summed E-state index contributed by atoms with van der Waals surface area (Å²) in [6.07, 6.45) is 1.13. The van der Waals surface area contributed by atoms with Crippen LogP contribution in [-0.4, -0.2) is 50.9 Å².